The fourth-order valence-electron chi connectivity index (χ4n) is 4.39. The first kappa shape index (κ1) is 29.2. The van der Waals surface area contributed by atoms with Gasteiger partial charge >= 0.3 is 12.3 Å². The average molecular weight is 568 g/mol. The molecule has 0 saturated heterocycles. The summed E-state index contributed by atoms with van der Waals surface area (Å²) in [5, 5.41) is 20.3. The van der Waals surface area contributed by atoms with Crippen molar-refractivity contribution in [3.63, 3.8) is 0 Å². The summed E-state index contributed by atoms with van der Waals surface area (Å²) >= 11 is 0. The molecule has 1 amide bonds. The van der Waals surface area contributed by atoms with Gasteiger partial charge in [-0.1, -0.05) is 42.5 Å². The predicted molar refractivity (Wildman–Crippen MR) is 141 cm³/mol. The Bertz CT molecular complexity index is 1530. The van der Waals surface area contributed by atoms with Crippen LogP contribution in [0, 0.1) is 0 Å². The number of allylic oxidation sites excluding steroid dienone is 2. The smallest absolute Gasteiger partial charge is 0.479 e. The van der Waals surface area contributed by atoms with E-state index in [2.05, 4.69) is 10.1 Å². The lowest BCUT2D eigenvalue weighted by molar-refractivity contribution is -0.274. The minimum Gasteiger partial charge on any atom is -0.479 e. The summed E-state index contributed by atoms with van der Waals surface area (Å²) in [6.07, 6.45) is -3.01. The van der Waals surface area contributed by atoms with Crippen molar-refractivity contribution in [1.29, 1.82) is 0 Å². The van der Waals surface area contributed by atoms with Crippen LogP contribution in [0.5, 0.6) is 5.75 Å². The van der Waals surface area contributed by atoms with E-state index in [-0.39, 0.29) is 22.3 Å². The van der Waals surface area contributed by atoms with Gasteiger partial charge in [0.25, 0.3) is 5.91 Å². The maximum atomic E-state index is 13.6. The molecule has 0 unspecified atom stereocenters. The van der Waals surface area contributed by atoms with Gasteiger partial charge in [-0.05, 0) is 66.3 Å². The van der Waals surface area contributed by atoms with E-state index in [1.807, 2.05) is 12.1 Å². The number of ketones is 2. The third kappa shape index (κ3) is 7.46. The van der Waals surface area contributed by atoms with Crippen molar-refractivity contribution >= 4 is 29.0 Å². The van der Waals surface area contributed by atoms with E-state index in [0.717, 1.165) is 48.6 Å². The van der Waals surface area contributed by atoms with E-state index < -0.39 is 48.2 Å². The molecular formula is C30H24F3NO7. The summed E-state index contributed by atoms with van der Waals surface area (Å²) in [6.45, 7) is -0.516. The molecule has 1 aliphatic rings. The number of hydrogen-bond donors (Lipinski definition) is 3. The SMILES string of the molecule is O=C(/C=C(\C(=O)c1ccc(C(=O)NC[C@@H](O)C(=O)O)cc1)c1ccc2c(c1)CCC2)c1cccc(OC(F)(F)F)c1. The number of rotatable bonds is 10. The molecule has 1 aliphatic carbocycles. The standard InChI is InChI=1S/C30H24F3NO7/c31-30(32,33)41-23-6-2-5-22(14-23)25(35)15-24(21-12-7-17-3-1-4-20(17)13-21)27(37)18-8-10-19(11-9-18)28(38)34-16-26(36)29(39)40/h2,5-15,26,36H,1,3-4,16H2,(H,34,38)(H,39,40)/b24-15-/t26-/m1/s1. The quantitative estimate of drug-likeness (QED) is 0.245. The maximum Gasteiger partial charge on any atom is 0.573 e. The van der Waals surface area contributed by atoms with Crippen LogP contribution in [-0.4, -0.2) is 52.7 Å². The van der Waals surface area contributed by atoms with Crippen LogP contribution >= 0.6 is 0 Å². The molecule has 11 heteroatoms. The van der Waals surface area contributed by atoms with Crippen LogP contribution in [0.1, 0.15) is 54.2 Å². The number of benzene rings is 3. The Morgan fingerprint density at radius 3 is 2.22 bits per heavy atom. The number of aliphatic hydroxyl groups excluding tert-OH is 1. The van der Waals surface area contributed by atoms with Crippen molar-refractivity contribution in [1.82, 2.24) is 5.32 Å². The Morgan fingerprint density at radius 1 is 0.878 bits per heavy atom. The zero-order valence-electron chi connectivity index (χ0n) is 21.4. The molecule has 4 rings (SSSR count). The van der Waals surface area contributed by atoms with Crippen molar-refractivity contribution in [3.8, 4) is 5.75 Å². The number of aliphatic carboxylic acids is 1. The molecule has 0 radical (unpaired) electrons. The Morgan fingerprint density at radius 2 is 1.54 bits per heavy atom. The van der Waals surface area contributed by atoms with Crippen molar-refractivity contribution in [3.05, 3.63) is 106 Å². The van der Waals surface area contributed by atoms with Crippen LogP contribution in [-0.2, 0) is 17.6 Å². The first-order valence-corrected chi connectivity index (χ1v) is 12.5. The molecule has 3 N–H and O–H groups in total. The minimum atomic E-state index is -4.94. The van der Waals surface area contributed by atoms with Crippen LogP contribution in [0.15, 0.2) is 72.8 Å². The number of ether oxygens (including phenoxy) is 1. The second-order valence-corrected chi connectivity index (χ2v) is 9.31. The predicted octanol–water partition coefficient (Wildman–Crippen LogP) is 4.40. The zero-order chi connectivity index (χ0) is 29.7. The van der Waals surface area contributed by atoms with Crippen LogP contribution in [0.3, 0.4) is 0 Å². The second-order valence-electron chi connectivity index (χ2n) is 9.31. The van der Waals surface area contributed by atoms with Crippen LogP contribution in [0.2, 0.25) is 0 Å². The fraction of sp³-hybridized carbons (Fsp3) is 0.200. The third-order valence-electron chi connectivity index (χ3n) is 6.43. The van der Waals surface area contributed by atoms with Crippen LogP contribution in [0.4, 0.5) is 13.2 Å². The summed E-state index contributed by atoms with van der Waals surface area (Å²) in [5.41, 5.74) is 2.73. The van der Waals surface area contributed by atoms with E-state index in [0.29, 0.717) is 5.56 Å². The summed E-state index contributed by atoms with van der Waals surface area (Å²) in [5.74, 6) is -4.02. The maximum absolute atomic E-state index is 13.6. The first-order valence-electron chi connectivity index (χ1n) is 12.5. The van der Waals surface area contributed by atoms with E-state index in [1.54, 1.807) is 6.07 Å². The van der Waals surface area contributed by atoms with E-state index in [1.165, 1.54) is 36.4 Å². The largest absolute Gasteiger partial charge is 0.573 e. The summed E-state index contributed by atoms with van der Waals surface area (Å²) < 4.78 is 41.9. The Labute approximate surface area is 232 Å². The number of aliphatic hydroxyl groups is 1. The molecule has 3 aromatic carbocycles. The highest BCUT2D eigenvalue weighted by Crippen LogP contribution is 2.29. The number of carboxylic acid groups (broad SMARTS) is 1. The van der Waals surface area contributed by atoms with Crippen molar-refractivity contribution in [2.75, 3.05) is 6.54 Å². The average Bonchev–Trinajstić information content (AvgIpc) is 3.41. The van der Waals surface area contributed by atoms with Gasteiger partial charge in [0.1, 0.15) is 5.75 Å². The number of carbonyl (C=O) groups excluding carboxylic acids is 3. The highest BCUT2D eigenvalue weighted by atomic mass is 19.4. The number of Topliss-reactive ketones (excluding diaryl/α,β-unsaturated/α-hetero) is 1. The normalized spacial score (nSPS) is 13.7. The monoisotopic (exact) mass is 567 g/mol. The number of aryl methyl sites for hydroxylation is 2. The second kappa shape index (κ2) is 12.2. The number of fused-ring (bicyclic) bond motifs is 1. The fourth-order valence-corrected chi connectivity index (χ4v) is 4.39. The van der Waals surface area contributed by atoms with Crippen molar-refractivity contribution in [2.24, 2.45) is 0 Å². The summed E-state index contributed by atoms with van der Waals surface area (Å²) in [4.78, 5) is 49.8. The van der Waals surface area contributed by atoms with Gasteiger partial charge < -0.3 is 20.3 Å². The Balaban J connectivity index is 1.64. The lowest BCUT2D eigenvalue weighted by Gasteiger charge is -2.12. The molecule has 0 fully saturated rings. The van der Waals surface area contributed by atoms with Gasteiger partial charge in [0.2, 0.25) is 0 Å². The molecule has 0 aliphatic heterocycles. The number of hydrogen-bond acceptors (Lipinski definition) is 6. The highest BCUT2D eigenvalue weighted by molar-refractivity contribution is 6.32. The number of amides is 1. The molecule has 0 spiro atoms. The molecule has 0 aromatic heterocycles. The number of carbonyl (C=O) groups is 4. The van der Waals surface area contributed by atoms with Crippen molar-refractivity contribution < 1.29 is 47.3 Å². The number of nitrogens with one attached hydrogen (secondary N) is 1. The van der Waals surface area contributed by atoms with Gasteiger partial charge in [0.05, 0.1) is 6.54 Å². The number of carboxylic acids is 1. The molecular weight excluding hydrogens is 543 g/mol. The van der Waals surface area contributed by atoms with Gasteiger partial charge in [0, 0.05) is 22.3 Å². The van der Waals surface area contributed by atoms with Crippen LogP contribution < -0.4 is 10.1 Å². The molecule has 3 aromatic rings. The number of halogens is 3. The van der Waals surface area contributed by atoms with Gasteiger partial charge in [-0.25, -0.2) is 4.79 Å². The lowest BCUT2D eigenvalue weighted by atomic mass is 9.92. The molecule has 1 atom stereocenters. The van der Waals surface area contributed by atoms with Crippen molar-refractivity contribution in [2.45, 2.75) is 31.7 Å². The molecule has 41 heavy (non-hydrogen) atoms. The molecule has 0 heterocycles. The molecule has 212 valence electrons. The van der Waals surface area contributed by atoms with E-state index in [4.69, 9.17) is 5.11 Å². The minimum absolute atomic E-state index is 0.00799. The summed E-state index contributed by atoms with van der Waals surface area (Å²) in [7, 11) is 0. The number of alkyl halides is 3. The Kier molecular flexibility index (Phi) is 8.68. The van der Waals surface area contributed by atoms with Gasteiger partial charge in [0.15, 0.2) is 17.7 Å². The zero-order valence-corrected chi connectivity index (χ0v) is 21.4. The van der Waals surface area contributed by atoms with E-state index >= 15 is 0 Å². The molecule has 0 bridgehead atoms. The summed E-state index contributed by atoms with van der Waals surface area (Å²) in [6, 6.07) is 15.3. The highest BCUT2D eigenvalue weighted by Gasteiger charge is 2.31. The third-order valence-corrected chi connectivity index (χ3v) is 6.43. The van der Waals surface area contributed by atoms with E-state index in [9.17, 15) is 37.5 Å². The van der Waals surface area contributed by atoms with Crippen LogP contribution in [0.25, 0.3) is 5.57 Å². The van der Waals surface area contributed by atoms with Gasteiger partial charge in [-0.3, -0.25) is 14.4 Å². The van der Waals surface area contributed by atoms with Gasteiger partial charge in [-0.2, -0.15) is 0 Å². The Hall–Kier alpha value is -4.77. The lowest BCUT2D eigenvalue weighted by Crippen LogP contribution is -2.36. The first-order chi connectivity index (χ1) is 19.4. The topological polar surface area (TPSA) is 130 Å². The molecule has 8 nitrogen and oxygen atoms in total. The van der Waals surface area contributed by atoms with Gasteiger partial charge in [-0.15, -0.1) is 13.2 Å². The molecule has 0 saturated carbocycles.